The van der Waals surface area contributed by atoms with Crippen molar-refractivity contribution in [2.24, 2.45) is 16.2 Å². The van der Waals surface area contributed by atoms with Crippen molar-refractivity contribution in [1.82, 2.24) is 5.32 Å². The summed E-state index contributed by atoms with van der Waals surface area (Å²) < 4.78 is 0. The molecule has 0 aromatic heterocycles. The van der Waals surface area contributed by atoms with Gasteiger partial charge < -0.3 is 15.5 Å². The molecule has 0 heterocycles. The van der Waals surface area contributed by atoms with Crippen LogP contribution in [0.5, 0.6) is 0 Å². The summed E-state index contributed by atoms with van der Waals surface area (Å²) in [5.74, 6) is -0.583. The molecule has 5 nitrogen and oxygen atoms in total. The number of hydrogen-bond donors (Lipinski definition) is 3. The van der Waals surface area contributed by atoms with Gasteiger partial charge in [-0.05, 0) is 70.6 Å². The SMILES string of the molecule is O=C(O)C12CCC(C(=O)NCC3(C4(O)CCC4)CC3)(CC1)CC2. The number of aliphatic carboxylic acids is 1. The normalized spacial score (nSPS) is 39.3. The molecule has 0 unspecified atom stereocenters. The number of amides is 1. The first-order valence-corrected chi connectivity index (χ1v) is 9.10. The van der Waals surface area contributed by atoms with E-state index in [1.54, 1.807) is 0 Å². The number of carboxylic acids is 1. The first-order chi connectivity index (χ1) is 10.9. The zero-order chi connectivity index (χ0) is 16.3. The standard InChI is InChI=1S/C18H27NO4/c20-13(19-12-17(10-11-17)18(23)2-1-3-18)15-4-7-16(8-5-15,9-6-15)14(21)22/h23H,1-12H2,(H,19,20)(H,21,22). The Balaban J connectivity index is 1.38. The topological polar surface area (TPSA) is 86.6 Å². The van der Waals surface area contributed by atoms with Gasteiger partial charge >= 0.3 is 5.97 Å². The Morgan fingerprint density at radius 2 is 1.35 bits per heavy atom. The molecule has 0 saturated heterocycles. The Hall–Kier alpha value is -1.10. The van der Waals surface area contributed by atoms with Gasteiger partial charge in [-0.2, -0.15) is 0 Å². The predicted octanol–water partition coefficient (Wildman–Crippen LogP) is 2.22. The van der Waals surface area contributed by atoms with E-state index in [2.05, 4.69) is 5.32 Å². The number of nitrogens with one attached hydrogen (secondary N) is 1. The van der Waals surface area contributed by atoms with Crippen LogP contribution in [0.3, 0.4) is 0 Å². The number of rotatable bonds is 5. The molecule has 2 bridgehead atoms. The van der Waals surface area contributed by atoms with Crippen LogP contribution in [0.4, 0.5) is 0 Å². The van der Waals surface area contributed by atoms with Crippen molar-refractivity contribution < 1.29 is 19.8 Å². The highest BCUT2D eigenvalue weighted by atomic mass is 16.4. The van der Waals surface area contributed by atoms with Crippen LogP contribution in [0, 0.1) is 16.2 Å². The number of hydrogen-bond acceptors (Lipinski definition) is 3. The molecule has 128 valence electrons. The van der Waals surface area contributed by atoms with Crippen LogP contribution in [0.2, 0.25) is 0 Å². The van der Waals surface area contributed by atoms with E-state index in [-0.39, 0.29) is 16.7 Å². The molecule has 5 heteroatoms. The molecule has 5 fully saturated rings. The largest absolute Gasteiger partial charge is 0.481 e. The average molecular weight is 321 g/mol. The lowest BCUT2D eigenvalue weighted by Crippen LogP contribution is -2.55. The van der Waals surface area contributed by atoms with Gasteiger partial charge in [0.1, 0.15) is 0 Å². The fourth-order valence-corrected chi connectivity index (χ4v) is 5.28. The lowest BCUT2D eigenvalue weighted by atomic mass is 9.53. The first kappa shape index (κ1) is 15.4. The van der Waals surface area contributed by atoms with Gasteiger partial charge in [-0.3, -0.25) is 9.59 Å². The highest BCUT2D eigenvalue weighted by molar-refractivity contribution is 5.84. The van der Waals surface area contributed by atoms with Crippen molar-refractivity contribution >= 4 is 11.9 Å². The minimum Gasteiger partial charge on any atom is -0.481 e. The molecule has 1 amide bonds. The molecular weight excluding hydrogens is 294 g/mol. The summed E-state index contributed by atoms with van der Waals surface area (Å²) >= 11 is 0. The second kappa shape index (κ2) is 4.71. The van der Waals surface area contributed by atoms with Gasteiger partial charge in [-0.25, -0.2) is 0 Å². The Bertz CT molecular complexity index is 523. The maximum absolute atomic E-state index is 12.8. The number of carbonyl (C=O) groups is 2. The highest BCUT2D eigenvalue weighted by Crippen LogP contribution is 2.61. The van der Waals surface area contributed by atoms with Crippen molar-refractivity contribution in [1.29, 1.82) is 0 Å². The summed E-state index contributed by atoms with van der Waals surface area (Å²) in [6.07, 6.45) is 8.84. The van der Waals surface area contributed by atoms with Gasteiger partial charge in [0.15, 0.2) is 0 Å². The molecule has 0 aromatic rings. The highest BCUT2D eigenvalue weighted by Gasteiger charge is 2.61. The van der Waals surface area contributed by atoms with E-state index in [1.807, 2.05) is 0 Å². The molecule has 0 spiro atoms. The zero-order valence-corrected chi connectivity index (χ0v) is 13.7. The third-order valence-corrected chi connectivity index (χ3v) is 7.79. The summed E-state index contributed by atoms with van der Waals surface area (Å²) in [4.78, 5) is 24.3. The molecule has 5 rings (SSSR count). The van der Waals surface area contributed by atoms with Crippen molar-refractivity contribution in [3.8, 4) is 0 Å². The fourth-order valence-electron chi connectivity index (χ4n) is 5.28. The predicted molar refractivity (Wildman–Crippen MR) is 83.7 cm³/mol. The van der Waals surface area contributed by atoms with E-state index in [0.29, 0.717) is 45.1 Å². The number of aliphatic hydroxyl groups is 1. The number of fused-ring (bicyclic) bond motifs is 3. The summed E-state index contributed by atoms with van der Waals surface area (Å²) in [6, 6.07) is 0. The quantitative estimate of drug-likeness (QED) is 0.724. The van der Waals surface area contributed by atoms with Gasteiger partial charge in [-0.1, -0.05) is 0 Å². The Morgan fingerprint density at radius 3 is 1.74 bits per heavy atom. The van der Waals surface area contributed by atoms with Gasteiger partial charge in [-0.15, -0.1) is 0 Å². The third kappa shape index (κ3) is 2.08. The molecule has 0 atom stereocenters. The fraction of sp³-hybridized carbons (Fsp3) is 0.889. The molecule has 3 N–H and O–H groups in total. The molecule has 5 saturated carbocycles. The van der Waals surface area contributed by atoms with Gasteiger partial charge in [0, 0.05) is 17.4 Å². The minimum atomic E-state index is -0.685. The van der Waals surface area contributed by atoms with E-state index in [0.717, 1.165) is 32.1 Å². The first-order valence-electron chi connectivity index (χ1n) is 9.10. The van der Waals surface area contributed by atoms with Crippen molar-refractivity contribution in [3.05, 3.63) is 0 Å². The smallest absolute Gasteiger partial charge is 0.309 e. The van der Waals surface area contributed by atoms with Crippen LogP contribution in [0.1, 0.15) is 70.6 Å². The van der Waals surface area contributed by atoms with Crippen molar-refractivity contribution in [2.75, 3.05) is 6.54 Å². The monoisotopic (exact) mass is 321 g/mol. The summed E-state index contributed by atoms with van der Waals surface area (Å²) in [5.41, 5.74) is -1.54. The number of carboxylic acid groups (broad SMARTS) is 1. The van der Waals surface area contributed by atoms with Gasteiger partial charge in [0.05, 0.1) is 11.0 Å². The lowest BCUT2D eigenvalue weighted by molar-refractivity contribution is -0.163. The molecule has 0 aliphatic heterocycles. The van der Waals surface area contributed by atoms with Crippen LogP contribution in [0.15, 0.2) is 0 Å². The van der Waals surface area contributed by atoms with Crippen LogP contribution in [-0.2, 0) is 9.59 Å². The van der Waals surface area contributed by atoms with Crippen LogP contribution >= 0.6 is 0 Å². The lowest BCUT2D eigenvalue weighted by Gasteiger charge is -2.50. The molecule has 0 radical (unpaired) electrons. The molecule has 0 aromatic carbocycles. The van der Waals surface area contributed by atoms with Crippen LogP contribution in [-0.4, -0.2) is 34.2 Å². The average Bonchev–Trinajstić information content (AvgIpc) is 3.33. The minimum absolute atomic E-state index is 0.0777. The zero-order valence-electron chi connectivity index (χ0n) is 13.7. The molecule has 5 aliphatic rings. The maximum Gasteiger partial charge on any atom is 0.309 e. The van der Waals surface area contributed by atoms with Crippen LogP contribution in [0.25, 0.3) is 0 Å². The van der Waals surface area contributed by atoms with Gasteiger partial charge in [0.25, 0.3) is 0 Å². The van der Waals surface area contributed by atoms with E-state index < -0.39 is 17.0 Å². The van der Waals surface area contributed by atoms with Gasteiger partial charge in [0.2, 0.25) is 5.91 Å². The van der Waals surface area contributed by atoms with E-state index in [4.69, 9.17) is 0 Å². The van der Waals surface area contributed by atoms with E-state index in [9.17, 15) is 19.8 Å². The summed E-state index contributed by atoms with van der Waals surface area (Å²) in [5, 5.41) is 23.2. The Morgan fingerprint density at radius 1 is 0.826 bits per heavy atom. The van der Waals surface area contributed by atoms with Crippen molar-refractivity contribution in [2.45, 2.75) is 76.2 Å². The van der Waals surface area contributed by atoms with E-state index in [1.165, 1.54) is 0 Å². The molecule has 23 heavy (non-hydrogen) atoms. The van der Waals surface area contributed by atoms with Crippen LogP contribution < -0.4 is 5.32 Å². The Kier molecular flexibility index (Phi) is 3.16. The molecular formula is C18H27NO4. The van der Waals surface area contributed by atoms with Crippen molar-refractivity contribution in [3.63, 3.8) is 0 Å². The maximum atomic E-state index is 12.8. The second-order valence-corrected chi connectivity index (χ2v) is 8.71. The third-order valence-electron chi connectivity index (χ3n) is 7.79. The summed E-state index contributed by atoms with van der Waals surface area (Å²) in [7, 11) is 0. The summed E-state index contributed by atoms with van der Waals surface area (Å²) in [6.45, 7) is 0.591. The number of carbonyl (C=O) groups excluding carboxylic acids is 1. The Labute approximate surface area is 136 Å². The van der Waals surface area contributed by atoms with E-state index >= 15 is 0 Å². The second-order valence-electron chi connectivity index (χ2n) is 8.71. The molecule has 5 aliphatic carbocycles.